The molecule has 6 nitrogen and oxygen atoms in total. The summed E-state index contributed by atoms with van der Waals surface area (Å²) < 4.78 is 39.7. The Morgan fingerprint density at radius 3 is 2.33 bits per heavy atom. The summed E-state index contributed by atoms with van der Waals surface area (Å²) in [5.74, 6) is 0.433. The van der Waals surface area contributed by atoms with Gasteiger partial charge in [0.25, 0.3) is 5.91 Å². The number of carbonyl (C=O) groups is 1. The quantitative estimate of drug-likeness (QED) is 0.667. The lowest BCUT2D eigenvalue weighted by atomic mass is 10.0. The van der Waals surface area contributed by atoms with Gasteiger partial charge in [0.15, 0.2) is 11.5 Å². The van der Waals surface area contributed by atoms with Crippen LogP contribution < -0.4 is 19.5 Å². The first-order valence-electron chi connectivity index (χ1n) is 9.81. The van der Waals surface area contributed by atoms with Crippen LogP contribution in [0.2, 0.25) is 0 Å². The summed E-state index contributed by atoms with van der Waals surface area (Å²) in [6.07, 6.45) is 2.26. The summed E-state index contributed by atoms with van der Waals surface area (Å²) in [5, 5.41) is 2.96. The van der Waals surface area contributed by atoms with Gasteiger partial charge >= 0.3 is 6.61 Å². The highest BCUT2D eigenvalue weighted by Gasteiger charge is 2.24. The highest BCUT2D eigenvalue weighted by molar-refractivity contribution is 5.94. The highest BCUT2D eigenvalue weighted by atomic mass is 19.3. The van der Waals surface area contributed by atoms with Crippen molar-refractivity contribution in [3.63, 3.8) is 0 Å². The van der Waals surface area contributed by atoms with E-state index in [1.54, 1.807) is 7.11 Å². The van der Waals surface area contributed by atoms with Crippen LogP contribution in [0, 0.1) is 0 Å². The molecule has 1 saturated heterocycles. The molecule has 1 amide bonds. The molecule has 0 aliphatic carbocycles. The molecule has 1 aliphatic rings. The van der Waals surface area contributed by atoms with Gasteiger partial charge < -0.3 is 19.5 Å². The second-order valence-corrected chi connectivity index (χ2v) is 6.99. The third-order valence-corrected chi connectivity index (χ3v) is 5.18. The maximum Gasteiger partial charge on any atom is 0.387 e. The van der Waals surface area contributed by atoms with Crippen LogP contribution in [0.4, 0.5) is 8.78 Å². The van der Waals surface area contributed by atoms with Gasteiger partial charge in [-0.25, -0.2) is 0 Å². The number of likely N-dealkylation sites (tertiary alicyclic amines) is 1. The van der Waals surface area contributed by atoms with E-state index >= 15 is 0 Å². The van der Waals surface area contributed by atoms with Gasteiger partial charge in [0.1, 0.15) is 5.75 Å². The Morgan fingerprint density at radius 1 is 1.03 bits per heavy atom. The van der Waals surface area contributed by atoms with Crippen molar-refractivity contribution in [2.24, 2.45) is 0 Å². The zero-order valence-electron chi connectivity index (χ0n) is 17.1. The van der Waals surface area contributed by atoms with Crippen molar-refractivity contribution in [3.8, 4) is 17.2 Å². The summed E-state index contributed by atoms with van der Waals surface area (Å²) in [6.45, 7) is -0.604. The minimum absolute atomic E-state index is 0.0330. The molecule has 8 heteroatoms. The predicted molar refractivity (Wildman–Crippen MR) is 109 cm³/mol. The highest BCUT2D eigenvalue weighted by Crippen LogP contribution is 2.30. The molecule has 162 valence electrons. The molecule has 30 heavy (non-hydrogen) atoms. The van der Waals surface area contributed by atoms with E-state index in [-0.39, 0.29) is 23.4 Å². The third kappa shape index (κ3) is 5.38. The van der Waals surface area contributed by atoms with Crippen molar-refractivity contribution in [1.82, 2.24) is 10.2 Å². The van der Waals surface area contributed by atoms with Gasteiger partial charge in [-0.2, -0.15) is 8.78 Å². The Balaban J connectivity index is 1.72. The number of carbonyl (C=O) groups excluding carboxylic acids is 1. The van der Waals surface area contributed by atoms with Crippen molar-refractivity contribution in [2.45, 2.75) is 25.5 Å². The van der Waals surface area contributed by atoms with Gasteiger partial charge in [-0.05, 0) is 61.8 Å². The van der Waals surface area contributed by atoms with Crippen LogP contribution in [-0.4, -0.2) is 51.3 Å². The predicted octanol–water partition coefficient (Wildman–Crippen LogP) is 3.87. The number of rotatable bonds is 9. The van der Waals surface area contributed by atoms with Gasteiger partial charge in [0, 0.05) is 12.1 Å². The van der Waals surface area contributed by atoms with E-state index in [4.69, 9.17) is 9.47 Å². The number of alkyl halides is 2. The maximum atomic E-state index is 12.7. The van der Waals surface area contributed by atoms with E-state index in [9.17, 15) is 13.6 Å². The van der Waals surface area contributed by atoms with E-state index in [1.165, 1.54) is 25.3 Å². The Labute approximate surface area is 174 Å². The molecule has 0 spiro atoms. The number of benzene rings is 2. The first-order chi connectivity index (χ1) is 14.5. The van der Waals surface area contributed by atoms with Gasteiger partial charge in [-0.15, -0.1) is 0 Å². The van der Waals surface area contributed by atoms with E-state index in [0.29, 0.717) is 12.1 Å². The standard InChI is InChI=1S/C22H26F2N2O4/c1-28-17-8-5-15(6-9-17)18(26-11-3-4-12-26)14-25-21(27)16-7-10-19(30-22(23)24)20(13-16)29-2/h5-10,13,18,22H,3-4,11-12,14H2,1-2H3,(H,25,27). The summed E-state index contributed by atoms with van der Waals surface area (Å²) in [4.78, 5) is 15.1. The molecule has 0 bridgehead atoms. The summed E-state index contributed by atoms with van der Waals surface area (Å²) in [7, 11) is 2.96. The smallest absolute Gasteiger partial charge is 0.387 e. The monoisotopic (exact) mass is 420 g/mol. The summed E-state index contributed by atoms with van der Waals surface area (Å²) in [5.41, 5.74) is 1.40. The normalized spacial score (nSPS) is 15.1. The maximum absolute atomic E-state index is 12.7. The van der Waals surface area contributed by atoms with Crippen molar-refractivity contribution in [1.29, 1.82) is 0 Å². The lowest BCUT2D eigenvalue weighted by Crippen LogP contribution is -2.36. The topological polar surface area (TPSA) is 60.0 Å². The molecule has 1 N–H and O–H groups in total. The van der Waals surface area contributed by atoms with Gasteiger partial charge in [-0.1, -0.05) is 12.1 Å². The molecular weight excluding hydrogens is 394 g/mol. The lowest BCUT2D eigenvalue weighted by Gasteiger charge is -2.28. The van der Waals surface area contributed by atoms with Crippen LogP contribution in [0.15, 0.2) is 42.5 Å². The largest absolute Gasteiger partial charge is 0.497 e. The van der Waals surface area contributed by atoms with E-state index in [0.717, 1.165) is 37.2 Å². The fourth-order valence-electron chi connectivity index (χ4n) is 3.63. The van der Waals surface area contributed by atoms with Crippen LogP contribution in [0.1, 0.15) is 34.8 Å². The van der Waals surface area contributed by atoms with Crippen LogP contribution in [-0.2, 0) is 0 Å². The Morgan fingerprint density at radius 2 is 1.73 bits per heavy atom. The number of nitrogens with one attached hydrogen (secondary N) is 1. The number of ether oxygens (including phenoxy) is 3. The molecule has 3 rings (SSSR count). The Bertz CT molecular complexity index is 840. The fraction of sp³-hybridized carbons (Fsp3) is 0.409. The molecular formula is C22H26F2N2O4. The van der Waals surface area contributed by atoms with E-state index in [1.807, 2.05) is 24.3 Å². The van der Waals surface area contributed by atoms with Gasteiger partial charge in [0.05, 0.1) is 20.3 Å². The minimum Gasteiger partial charge on any atom is -0.497 e. The Kier molecular flexibility index (Phi) is 7.46. The molecule has 1 heterocycles. The number of nitrogens with zero attached hydrogens (tertiary/aromatic N) is 1. The first-order valence-corrected chi connectivity index (χ1v) is 9.81. The van der Waals surface area contributed by atoms with E-state index < -0.39 is 6.61 Å². The lowest BCUT2D eigenvalue weighted by molar-refractivity contribution is -0.0512. The van der Waals surface area contributed by atoms with Crippen LogP contribution in [0.5, 0.6) is 17.2 Å². The molecule has 2 aromatic rings. The third-order valence-electron chi connectivity index (χ3n) is 5.18. The molecule has 1 aliphatic heterocycles. The average Bonchev–Trinajstić information content (AvgIpc) is 3.28. The number of amides is 1. The van der Waals surface area contributed by atoms with Crippen molar-refractivity contribution < 1.29 is 27.8 Å². The Hall–Kier alpha value is -2.87. The summed E-state index contributed by atoms with van der Waals surface area (Å²) in [6, 6.07) is 12.0. The number of hydrogen-bond acceptors (Lipinski definition) is 5. The average molecular weight is 420 g/mol. The van der Waals surface area contributed by atoms with Crippen molar-refractivity contribution in [2.75, 3.05) is 33.9 Å². The molecule has 0 aromatic heterocycles. The SMILES string of the molecule is COc1ccc(C(CNC(=O)c2ccc(OC(F)F)c(OC)c2)N2CCCC2)cc1. The fourth-order valence-corrected chi connectivity index (χ4v) is 3.63. The number of hydrogen-bond donors (Lipinski definition) is 1. The number of methoxy groups -OCH3 is 2. The molecule has 1 atom stereocenters. The van der Waals surface area contributed by atoms with E-state index in [2.05, 4.69) is 15.0 Å². The van der Waals surface area contributed by atoms with Crippen molar-refractivity contribution >= 4 is 5.91 Å². The minimum atomic E-state index is -2.97. The number of halogens is 2. The molecule has 0 radical (unpaired) electrons. The second kappa shape index (κ2) is 10.2. The zero-order chi connectivity index (χ0) is 21.5. The van der Waals surface area contributed by atoms with Crippen LogP contribution in [0.3, 0.4) is 0 Å². The molecule has 0 saturated carbocycles. The zero-order valence-corrected chi connectivity index (χ0v) is 17.1. The first kappa shape index (κ1) is 21.8. The van der Waals surface area contributed by atoms with Gasteiger partial charge in [-0.3, -0.25) is 9.69 Å². The molecule has 1 unspecified atom stereocenters. The van der Waals surface area contributed by atoms with Gasteiger partial charge in [0.2, 0.25) is 0 Å². The van der Waals surface area contributed by atoms with Crippen LogP contribution >= 0.6 is 0 Å². The summed E-state index contributed by atoms with van der Waals surface area (Å²) >= 11 is 0. The molecule has 1 fully saturated rings. The van der Waals surface area contributed by atoms with Crippen LogP contribution in [0.25, 0.3) is 0 Å². The second-order valence-electron chi connectivity index (χ2n) is 6.99. The molecule has 2 aromatic carbocycles. The van der Waals surface area contributed by atoms with Crippen molar-refractivity contribution in [3.05, 3.63) is 53.6 Å².